The number of aryl methyl sites for hydroxylation is 1. The summed E-state index contributed by atoms with van der Waals surface area (Å²) in [5.74, 6) is 0.314. The lowest BCUT2D eigenvalue weighted by atomic mass is 10.0. The van der Waals surface area contributed by atoms with Crippen LogP contribution in [0.2, 0.25) is 0 Å². The number of hydrogen-bond donors (Lipinski definition) is 0. The zero-order valence-electron chi connectivity index (χ0n) is 16.6. The highest BCUT2D eigenvalue weighted by Crippen LogP contribution is 2.33. The monoisotopic (exact) mass is 408 g/mol. The summed E-state index contributed by atoms with van der Waals surface area (Å²) >= 11 is 0. The molecular formula is C23H24N2O3S. The first-order chi connectivity index (χ1) is 14.0. The van der Waals surface area contributed by atoms with Gasteiger partial charge in [0.25, 0.3) is 0 Å². The van der Waals surface area contributed by atoms with E-state index in [1.54, 1.807) is 24.3 Å². The Bertz CT molecular complexity index is 1190. The normalized spacial score (nSPS) is 14.3. The van der Waals surface area contributed by atoms with Crippen LogP contribution in [0.3, 0.4) is 0 Å². The molecule has 2 heterocycles. The highest BCUT2D eigenvalue weighted by atomic mass is 32.2. The Kier molecular flexibility index (Phi) is 5.20. The average molecular weight is 409 g/mol. The number of rotatable bonds is 6. The molecule has 29 heavy (non-hydrogen) atoms. The molecule has 3 aromatic rings. The lowest BCUT2D eigenvalue weighted by Gasteiger charge is -2.16. The molecule has 0 amide bonds. The van der Waals surface area contributed by atoms with Crippen molar-refractivity contribution < 1.29 is 12.6 Å². The van der Waals surface area contributed by atoms with Crippen LogP contribution in [0.4, 0.5) is 0 Å². The number of likely N-dealkylation sites (N-methyl/N-ethyl adjacent to an activating group) is 1. The minimum Gasteiger partial charge on any atom is -0.379 e. The lowest BCUT2D eigenvalue weighted by molar-refractivity contribution is 0.486. The Labute approximate surface area is 171 Å². The van der Waals surface area contributed by atoms with Crippen molar-refractivity contribution in [3.8, 4) is 5.75 Å². The third-order valence-corrected chi connectivity index (χ3v) is 6.24. The Morgan fingerprint density at radius 3 is 2.59 bits per heavy atom. The average Bonchev–Trinajstić information content (AvgIpc) is 3.07. The Balaban J connectivity index is 1.76. The Hall–Kier alpha value is -2.99. The molecule has 1 aromatic heterocycles. The summed E-state index contributed by atoms with van der Waals surface area (Å²) in [7, 11) is -1.84. The zero-order valence-corrected chi connectivity index (χ0v) is 17.4. The maximum Gasteiger partial charge on any atom is 0.339 e. The second kappa shape index (κ2) is 7.79. The SMILES string of the molecule is CCCn1cc(C2=CCN(C)C=C2)c2cc(OS(=O)(=O)c3ccccc3)ccc21. The van der Waals surface area contributed by atoms with Crippen molar-refractivity contribution in [3.05, 3.63) is 78.6 Å². The second-order valence-corrected chi connectivity index (χ2v) is 8.73. The van der Waals surface area contributed by atoms with Crippen LogP contribution in [-0.4, -0.2) is 31.5 Å². The minimum absolute atomic E-state index is 0.143. The van der Waals surface area contributed by atoms with E-state index in [-0.39, 0.29) is 4.90 Å². The predicted molar refractivity (Wildman–Crippen MR) is 116 cm³/mol. The molecule has 4 rings (SSSR count). The van der Waals surface area contributed by atoms with Crippen LogP contribution < -0.4 is 4.18 Å². The highest BCUT2D eigenvalue weighted by molar-refractivity contribution is 7.87. The number of fused-ring (bicyclic) bond motifs is 1. The smallest absolute Gasteiger partial charge is 0.339 e. The van der Waals surface area contributed by atoms with Gasteiger partial charge in [0.05, 0.1) is 0 Å². The minimum atomic E-state index is -3.87. The third kappa shape index (κ3) is 3.93. The van der Waals surface area contributed by atoms with E-state index in [4.69, 9.17) is 4.18 Å². The quantitative estimate of drug-likeness (QED) is 0.557. The van der Waals surface area contributed by atoms with E-state index >= 15 is 0 Å². The van der Waals surface area contributed by atoms with Gasteiger partial charge < -0.3 is 13.7 Å². The van der Waals surface area contributed by atoms with Crippen molar-refractivity contribution in [2.45, 2.75) is 24.8 Å². The molecule has 5 nitrogen and oxygen atoms in total. The van der Waals surface area contributed by atoms with Gasteiger partial charge in [-0.25, -0.2) is 0 Å². The van der Waals surface area contributed by atoms with Gasteiger partial charge in [0.1, 0.15) is 10.6 Å². The summed E-state index contributed by atoms with van der Waals surface area (Å²) in [6.07, 6.45) is 9.48. The third-order valence-electron chi connectivity index (χ3n) is 4.97. The molecule has 150 valence electrons. The topological polar surface area (TPSA) is 51.5 Å². The van der Waals surface area contributed by atoms with Crippen molar-refractivity contribution in [1.29, 1.82) is 0 Å². The molecule has 0 N–H and O–H groups in total. The Morgan fingerprint density at radius 1 is 1.10 bits per heavy atom. The fourth-order valence-corrected chi connectivity index (χ4v) is 4.47. The van der Waals surface area contributed by atoms with E-state index in [9.17, 15) is 8.42 Å². The van der Waals surface area contributed by atoms with Crippen LogP contribution in [0, 0.1) is 0 Å². The van der Waals surface area contributed by atoms with Crippen molar-refractivity contribution in [2.24, 2.45) is 0 Å². The summed E-state index contributed by atoms with van der Waals surface area (Å²) < 4.78 is 32.9. The highest BCUT2D eigenvalue weighted by Gasteiger charge is 2.18. The van der Waals surface area contributed by atoms with E-state index in [1.165, 1.54) is 12.1 Å². The first-order valence-corrected chi connectivity index (χ1v) is 11.1. The van der Waals surface area contributed by atoms with Gasteiger partial charge in [-0.2, -0.15) is 8.42 Å². The molecule has 0 saturated heterocycles. The van der Waals surface area contributed by atoms with Crippen molar-refractivity contribution in [1.82, 2.24) is 9.47 Å². The number of nitrogens with zero attached hydrogens (tertiary/aromatic N) is 2. The maximum atomic E-state index is 12.6. The largest absolute Gasteiger partial charge is 0.379 e. The van der Waals surface area contributed by atoms with Gasteiger partial charge in [-0.1, -0.05) is 31.2 Å². The van der Waals surface area contributed by atoms with Gasteiger partial charge in [-0.3, -0.25) is 0 Å². The first kappa shape index (κ1) is 19.3. The molecule has 6 heteroatoms. The molecular weight excluding hydrogens is 384 g/mol. The molecule has 0 unspecified atom stereocenters. The number of benzene rings is 2. The van der Waals surface area contributed by atoms with Crippen LogP contribution in [0.1, 0.15) is 18.9 Å². The van der Waals surface area contributed by atoms with Gasteiger partial charge in [-0.15, -0.1) is 0 Å². The van der Waals surface area contributed by atoms with Crippen molar-refractivity contribution in [3.63, 3.8) is 0 Å². The fraction of sp³-hybridized carbons (Fsp3) is 0.217. The van der Waals surface area contributed by atoms with Crippen molar-refractivity contribution >= 4 is 26.6 Å². The van der Waals surface area contributed by atoms with E-state index < -0.39 is 10.1 Å². The maximum absolute atomic E-state index is 12.6. The molecule has 1 aliphatic rings. The molecule has 0 bridgehead atoms. The van der Waals surface area contributed by atoms with Crippen LogP contribution >= 0.6 is 0 Å². The van der Waals surface area contributed by atoms with Crippen LogP contribution in [0.5, 0.6) is 5.75 Å². The molecule has 1 aliphatic heterocycles. The molecule has 0 aliphatic carbocycles. The number of hydrogen-bond acceptors (Lipinski definition) is 4. The first-order valence-electron chi connectivity index (χ1n) is 9.69. The van der Waals surface area contributed by atoms with Crippen LogP contribution in [0.25, 0.3) is 16.5 Å². The zero-order chi connectivity index (χ0) is 20.4. The number of allylic oxidation sites excluding steroid dienone is 2. The van der Waals surface area contributed by atoms with E-state index in [0.29, 0.717) is 5.75 Å². The predicted octanol–water partition coefficient (Wildman–Crippen LogP) is 4.66. The molecule has 2 aromatic carbocycles. The molecule has 0 spiro atoms. The van der Waals surface area contributed by atoms with Gasteiger partial charge in [0.2, 0.25) is 0 Å². The van der Waals surface area contributed by atoms with Gasteiger partial charge in [0, 0.05) is 42.8 Å². The summed E-state index contributed by atoms with van der Waals surface area (Å²) in [6.45, 7) is 3.88. The van der Waals surface area contributed by atoms with Crippen LogP contribution in [-0.2, 0) is 16.7 Å². The molecule has 0 saturated carbocycles. The summed E-state index contributed by atoms with van der Waals surface area (Å²) in [5, 5.41) is 0.986. The number of aromatic nitrogens is 1. The van der Waals surface area contributed by atoms with Gasteiger partial charge in [-0.05, 0) is 54.6 Å². The van der Waals surface area contributed by atoms with Gasteiger partial charge in [0.15, 0.2) is 0 Å². The summed E-state index contributed by atoms with van der Waals surface area (Å²) in [6, 6.07) is 13.7. The molecule has 0 radical (unpaired) electrons. The standard InChI is InChI=1S/C23H24N2O3S/c1-3-13-25-17-22(18-11-14-24(2)15-12-18)21-16-19(9-10-23(21)25)28-29(26,27)20-7-5-4-6-8-20/h4-12,14,16-17H,3,13,15H2,1-2H3. The van der Waals surface area contributed by atoms with Crippen molar-refractivity contribution in [2.75, 3.05) is 13.6 Å². The van der Waals surface area contributed by atoms with E-state index in [2.05, 4.69) is 40.9 Å². The Morgan fingerprint density at radius 2 is 1.90 bits per heavy atom. The second-order valence-electron chi connectivity index (χ2n) is 7.18. The lowest BCUT2D eigenvalue weighted by Crippen LogP contribution is -2.13. The summed E-state index contributed by atoms with van der Waals surface area (Å²) in [5.41, 5.74) is 3.28. The van der Waals surface area contributed by atoms with E-state index in [0.717, 1.165) is 41.5 Å². The summed E-state index contributed by atoms with van der Waals surface area (Å²) in [4.78, 5) is 2.25. The fourth-order valence-electron chi connectivity index (χ4n) is 3.52. The molecule has 0 atom stereocenters. The van der Waals surface area contributed by atoms with Gasteiger partial charge >= 0.3 is 10.1 Å². The molecule has 0 fully saturated rings. The van der Waals surface area contributed by atoms with Crippen LogP contribution in [0.15, 0.2) is 78.0 Å². The van der Waals surface area contributed by atoms with E-state index in [1.807, 2.05) is 19.2 Å².